The molecule has 0 aliphatic carbocycles. The molecular weight excluding hydrogens is 342 g/mol. The van der Waals surface area contributed by atoms with Gasteiger partial charge in [-0.15, -0.1) is 0 Å². The first-order valence-electron chi connectivity index (χ1n) is 9.35. The van der Waals surface area contributed by atoms with Gasteiger partial charge in [0.15, 0.2) is 0 Å². The highest BCUT2D eigenvalue weighted by molar-refractivity contribution is 6.33. The molecule has 0 radical (unpaired) electrons. The molecule has 0 aliphatic rings. The molecule has 1 aromatic carbocycles. The van der Waals surface area contributed by atoms with E-state index in [0.29, 0.717) is 5.92 Å². The van der Waals surface area contributed by atoms with Gasteiger partial charge in [0.2, 0.25) is 0 Å². The minimum Gasteiger partial charge on any atom is -0.261 e. The van der Waals surface area contributed by atoms with Crippen LogP contribution in [0.15, 0.2) is 48.9 Å². The van der Waals surface area contributed by atoms with Crippen molar-refractivity contribution in [3.63, 3.8) is 0 Å². The fraction of sp³-hybridized carbons (Fsp3) is 0.364. The Balaban J connectivity index is 1.82. The van der Waals surface area contributed by atoms with E-state index < -0.39 is 0 Å². The molecule has 4 heteroatoms. The lowest BCUT2D eigenvalue weighted by atomic mass is 10.0. The molecule has 2 aromatic heterocycles. The van der Waals surface area contributed by atoms with Crippen molar-refractivity contribution in [2.45, 2.75) is 46.5 Å². The fourth-order valence-corrected chi connectivity index (χ4v) is 3.32. The number of hydrogen-bond acceptors (Lipinski definition) is 2. The minimum absolute atomic E-state index is 0.699. The lowest BCUT2D eigenvalue weighted by Crippen LogP contribution is -1.97. The quantitative estimate of drug-likeness (QED) is 0.503. The molecule has 0 aliphatic heterocycles. The number of benzene rings is 1. The topological polar surface area (TPSA) is 30.7 Å². The predicted octanol–water partition coefficient (Wildman–Crippen LogP) is 6.13. The molecular formula is C22H26ClN3. The normalized spacial score (nSPS) is 11.3. The maximum absolute atomic E-state index is 6.55. The molecule has 136 valence electrons. The Morgan fingerprint density at radius 1 is 1.12 bits per heavy atom. The van der Waals surface area contributed by atoms with Crippen LogP contribution in [-0.4, -0.2) is 14.8 Å². The Kier molecular flexibility index (Phi) is 6.10. The summed E-state index contributed by atoms with van der Waals surface area (Å²) in [6, 6.07) is 10.4. The van der Waals surface area contributed by atoms with Crippen molar-refractivity contribution < 1.29 is 0 Å². The van der Waals surface area contributed by atoms with Gasteiger partial charge in [-0.05, 0) is 48.9 Å². The zero-order chi connectivity index (χ0) is 18.5. The summed E-state index contributed by atoms with van der Waals surface area (Å²) in [5, 5.41) is 5.30. The van der Waals surface area contributed by atoms with Crippen LogP contribution in [0.5, 0.6) is 0 Å². The Bertz CT molecular complexity index is 867. The summed E-state index contributed by atoms with van der Waals surface area (Å²) in [6.07, 6.45) is 10.0. The van der Waals surface area contributed by atoms with Crippen LogP contribution in [0.25, 0.3) is 16.8 Å². The van der Waals surface area contributed by atoms with Gasteiger partial charge in [0.1, 0.15) is 0 Å². The third-order valence-electron chi connectivity index (χ3n) is 4.51. The number of nitrogens with zero attached hydrogens (tertiary/aromatic N) is 3. The smallest absolute Gasteiger partial charge is 0.0679 e. The van der Waals surface area contributed by atoms with Crippen molar-refractivity contribution in [1.82, 2.24) is 14.8 Å². The highest BCUT2D eigenvalue weighted by Gasteiger charge is 2.09. The van der Waals surface area contributed by atoms with Crippen LogP contribution in [0.2, 0.25) is 5.02 Å². The molecule has 0 saturated carbocycles. The van der Waals surface area contributed by atoms with E-state index in [1.807, 2.05) is 29.3 Å². The first kappa shape index (κ1) is 18.7. The number of aromatic nitrogens is 3. The third-order valence-corrected chi connectivity index (χ3v) is 4.82. The number of rotatable bonds is 7. The van der Waals surface area contributed by atoms with Crippen molar-refractivity contribution in [3.05, 3.63) is 65.2 Å². The van der Waals surface area contributed by atoms with Crippen LogP contribution in [0.3, 0.4) is 0 Å². The summed E-state index contributed by atoms with van der Waals surface area (Å²) in [6.45, 7) is 6.65. The highest BCUT2D eigenvalue weighted by atomic mass is 35.5. The van der Waals surface area contributed by atoms with Gasteiger partial charge in [0.25, 0.3) is 0 Å². The highest BCUT2D eigenvalue weighted by Crippen LogP contribution is 2.29. The van der Waals surface area contributed by atoms with Gasteiger partial charge in [-0.1, -0.05) is 50.9 Å². The third kappa shape index (κ3) is 4.53. The van der Waals surface area contributed by atoms with Crippen molar-refractivity contribution in [2.75, 3.05) is 0 Å². The van der Waals surface area contributed by atoms with E-state index in [9.17, 15) is 0 Å². The average Bonchev–Trinajstić information content (AvgIpc) is 3.10. The fourth-order valence-electron chi connectivity index (χ4n) is 3.01. The van der Waals surface area contributed by atoms with Gasteiger partial charge < -0.3 is 0 Å². The summed E-state index contributed by atoms with van der Waals surface area (Å²) >= 11 is 6.55. The van der Waals surface area contributed by atoms with Crippen LogP contribution >= 0.6 is 11.6 Å². The average molecular weight is 368 g/mol. The van der Waals surface area contributed by atoms with E-state index in [4.69, 9.17) is 11.6 Å². The standard InChI is InChI=1S/C22H26ClN3/c1-4-5-19-13-20(10-11-24-19)26-15-18(14-25-26)21-9-8-17(12-22(21)23)7-6-16(2)3/h8-16H,4-7H2,1-3H3. The Morgan fingerprint density at radius 3 is 2.69 bits per heavy atom. The van der Waals surface area contributed by atoms with Gasteiger partial charge in [0, 0.05) is 34.2 Å². The summed E-state index contributed by atoms with van der Waals surface area (Å²) in [7, 11) is 0. The van der Waals surface area contributed by atoms with Gasteiger partial charge >= 0.3 is 0 Å². The minimum atomic E-state index is 0.699. The molecule has 0 amide bonds. The van der Waals surface area contributed by atoms with Gasteiger partial charge in [-0.25, -0.2) is 4.68 Å². The molecule has 0 saturated heterocycles. The molecule has 0 bridgehead atoms. The van der Waals surface area contributed by atoms with Gasteiger partial charge in [-0.2, -0.15) is 5.10 Å². The van der Waals surface area contributed by atoms with Crippen molar-refractivity contribution in [2.24, 2.45) is 5.92 Å². The molecule has 0 N–H and O–H groups in total. The second kappa shape index (κ2) is 8.50. The van der Waals surface area contributed by atoms with E-state index in [1.165, 1.54) is 12.0 Å². The lowest BCUT2D eigenvalue weighted by Gasteiger charge is -2.08. The first-order chi connectivity index (χ1) is 12.6. The van der Waals surface area contributed by atoms with Crippen LogP contribution in [0.1, 0.15) is 44.9 Å². The monoisotopic (exact) mass is 367 g/mol. The summed E-state index contributed by atoms with van der Waals surface area (Å²) in [5.41, 5.74) is 5.46. The number of aryl methyl sites for hydroxylation is 2. The molecule has 3 aromatic rings. The van der Waals surface area contributed by atoms with E-state index in [1.54, 1.807) is 0 Å². The second-order valence-corrected chi connectivity index (χ2v) is 7.58. The summed E-state index contributed by atoms with van der Waals surface area (Å²) in [5.74, 6) is 0.699. The van der Waals surface area contributed by atoms with E-state index in [0.717, 1.165) is 46.8 Å². The van der Waals surface area contributed by atoms with Crippen LogP contribution < -0.4 is 0 Å². The Labute approximate surface area is 161 Å². The maximum atomic E-state index is 6.55. The molecule has 2 heterocycles. The SMILES string of the molecule is CCCc1cc(-n2cc(-c3ccc(CCC(C)C)cc3Cl)cn2)ccn1. The first-order valence-corrected chi connectivity index (χ1v) is 9.73. The van der Waals surface area contributed by atoms with E-state index in [2.05, 4.69) is 55.1 Å². The van der Waals surface area contributed by atoms with Crippen LogP contribution in [-0.2, 0) is 12.8 Å². The Hall–Kier alpha value is -2.13. The number of halogens is 1. The van der Waals surface area contributed by atoms with E-state index in [-0.39, 0.29) is 0 Å². The zero-order valence-corrected chi connectivity index (χ0v) is 16.5. The molecule has 0 spiro atoms. The van der Waals surface area contributed by atoms with Crippen LogP contribution in [0.4, 0.5) is 0 Å². The molecule has 3 nitrogen and oxygen atoms in total. The largest absolute Gasteiger partial charge is 0.261 e. The number of hydrogen-bond donors (Lipinski definition) is 0. The number of pyridine rings is 1. The zero-order valence-electron chi connectivity index (χ0n) is 15.7. The predicted molar refractivity (Wildman–Crippen MR) is 109 cm³/mol. The summed E-state index contributed by atoms with van der Waals surface area (Å²) < 4.78 is 1.89. The maximum Gasteiger partial charge on any atom is 0.0679 e. The van der Waals surface area contributed by atoms with E-state index >= 15 is 0 Å². The molecule has 0 unspecified atom stereocenters. The second-order valence-electron chi connectivity index (χ2n) is 7.18. The molecule has 0 atom stereocenters. The van der Waals surface area contributed by atoms with Crippen molar-refractivity contribution in [1.29, 1.82) is 0 Å². The van der Waals surface area contributed by atoms with Crippen molar-refractivity contribution >= 4 is 11.6 Å². The summed E-state index contributed by atoms with van der Waals surface area (Å²) in [4.78, 5) is 4.41. The Morgan fingerprint density at radius 2 is 1.96 bits per heavy atom. The molecule has 3 rings (SSSR count). The molecule has 26 heavy (non-hydrogen) atoms. The lowest BCUT2D eigenvalue weighted by molar-refractivity contribution is 0.587. The van der Waals surface area contributed by atoms with Crippen LogP contribution in [0, 0.1) is 5.92 Å². The van der Waals surface area contributed by atoms with Gasteiger partial charge in [-0.3, -0.25) is 4.98 Å². The molecule has 0 fully saturated rings. The van der Waals surface area contributed by atoms with Crippen molar-refractivity contribution in [3.8, 4) is 16.8 Å². The van der Waals surface area contributed by atoms with Gasteiger partial charge in [0.05, 0.1) is 11.9 Å².